The summed E-state index contributed by atoms with van der Waals surface area (Å²) in [6.45, 7) is 6.32. The second kappa shape index (κ2) is 10.7. The fourth-order valence-electron chi connectivity index (χ4n) is 5.08. The maximum Gasteiger partial charge on any atom is 0.160 e. The third kappa shape index (κ3) is 4.78. The van der Waals surface area contributed by atoms with Gasteiger partial charge in [0.15, 0.2) is 5.84 Å². The van der Waals surface area contributed by atoms with Gasteiger partial charge in [0.2, 0.25) is 0 Å². The van der Waals surface area contributed by atoms with Gasteiger partial charge in [0.05, 0.1) is 11.4 Å². The summed E-state index contributed by atoms with van der Waals surface area (Å²) < 4.78 is 0. The number of aliphatic imine (C=N–C) groups is 2. The summed E-state index contributed by atoms with van der Waals surface area (Å²) in [5, 5.41) is 4.55. The fourth-order valence-corrected chi connectivity index (χ4v) is 5.08. The van der Waals surface area contributed by atoms with E-state index in [2.05, 4.69) is 68.1 Å². The minimum Gasteiger partial charge on any atom is -0.256 e. The van der Waals surface area contributed by atoms with Crippen molar-refractivity contribution in [1.82, 2.24) is 4.98 Å². The lowest BCUT2D eigenvalue weighted by Gasteiger charge is -2.17. The Morgan fingerprint density at radius 2 is 1.08 bits per heavy atom. The van der Waals surface area contributed by atoms with Crippen LogP contribution in [-0.4, -0.2) is 16.5 Å². The monoisotopic (exact) mass is 501 g/mol. The van der Waals surface area contributed by atoms with E-state index in [0.717, 1.165) is 55.2 Å². The molecule has 1 heterocycles. The van der Waals surface area contributed by atoms with Crippen LogP contribution in [0.3, 0.4) is 0 Å². The van der Waals surface area contributed by atoms with Crippen LogP contribution in [0.25, 0.3) is 38.5 Å². The van der Waals surface area contributed by atoms with Gasteiger partial charge >= 0.3 is 0 Å². The molecule has 0 amide bonds. The zero-order valence-corrected chi connectivity index (χ0v) is 21.8. The zero-order valence-electron chi connectivity index (χ0n) is 21.8. The zero-order chi connectivity index (χ0) is 26.6. The van der Waals surface area contributed by atoms with E-state index >= 15 is 0 Å². The van der Waals surface area contributed by atoms with Crippen molar-refractivity contribution in [3.63, 3.8) is 0 Å². The molecule has 0 saturated carbocycles. The molecule has 0 fully saturated rings. The SMILES string of the molecule is C=C(N=C(N=C(C)c1c2ccccc2c(-c2ccccn2)c2ccccc12)c1ccccc1)c1ccccc1. The van der Waals surface area contributed by atoms with Gasteiger partial charge in [-0.1, -0.05) is 122 Å². The number of hydrogen-bond donors (Lipinski definition) is 0. The van der Waals surface area contributed by atoms with Gasteiger partial charge in [-0.2, -0.15) is 0 Å². The standard InChI is InChI=1S/C36H27N3/c1-25(27-15-5-3-6-16-27)38-36(28-17-7-4-8-18-28)39-26(2)34-29-19-9-11-21-31(29)35(33-23-13-14-24-37-33)32-22-12-10-20-30(32)34/h3-24H,1H2,2H3. The summed E-state index contributed by atoms with van der Waals surface area (Å²) >= 11 is 0. The third-order valence-corrected chi connectivity index (χ3v) is 6.87. The van der Waals surface area contributed by atoms with Crippen molar-refractivity contribution in [3.8, 4) is 11.3 Å². The van der Waals surface area contributed by atoms with Crippen molar-refractivity contribution in [1.29, 1.82) is 0 Å². The van der Waals surface area contributed by atoms with Crippen LogP contribution < -0.4 is 0 Å². The molecule has 5 aromatic carbocycles. The summed E-state index contributed by atoms with van der Waals surface area (Å²) in [4.78, 5) is 14.8. The van der Waals surface area contributed by atoms with Crippen molar-refractivity contribution >= 4 is 38.8 Å². The molecule has 39 heavy (non-hydrogen) atoms. The average molecular weight is 502 g/mol. The molecule has 1 aromatic heterocycles. The number of fused-ring (bicyclic) bond motifs is 2. The van der Waals surface area contributed by atoms with Crippen molar-refractivity contribution in [2.75, 3.05) is 0 Å². The van der Waals surface area contributed by atoms with Gasteiger partial charge in [-0.25, -0.2) is 9.98 Å². The normalized spacial score (nSPS) is 12.1. The van der Waals surface area contributed by atoms with E-state index in [1.54, 1.807) is 0 Å². The highest BCUT2D eigenvalue weighted by Gasteiger charge is 2.18. The Kier molecular flexibility index (Phi) is 6.63. The van der Waals surface area contributed by atoms with Crippen LogP contribution in [0.1, 0.15) is 23.6 Å². The van der Waals surface area contributed by atoms with Crippen LogP contribution in [0.5, 0.6) is 0 Å². The molecule has 3 nitrogen and oxygen atoms in total. The number of amidine groups is 1. The van der Waals surface area contributed by atoms with E-state index in [1.807, 2.05) is 79.0 Å². The Bertz CT molecular complexity index is 1800. The highest BCUT2D eigenvalue weighted by atomic mass is 14.9. The van der Waals surface area contributed by atoms with Gasteiger partial charge in [-0.3, -0.25) is 4.98 Å². The number of nitrogens with zero attached hydrogens (tertiary/aromatic N) is 3. The van der Waals surface area contributed by atoms with Gasteiger partial charge < -0.3 is 0 Å². The molecule has 0 N–H and O–H groups in total. The van der Waals surface area contributed by atoms with Gasteiger partial charge in [-0.05, 0) is 46.2 Å². The molecule has 0 aliphatic heterocycles. The number of rotatable bonds is 5. The molecule has 0 bridgehead atoms. The van der Waals surface area contributed by atoms with E-state index in [9.17, 15) is 0 Å². The van der Waals surface area contributed by atoms with E-state index in [4.69, 9.17) is 15.0 Å². The van der Waals surface area contributed by atoms with Crippen LogP contribution in [-0.2, 0) is 0 Å². The van der Waals surface area contributed by atoms with Gasteiger partial charge in [-0.15, -0.1) is 0 Å². The topological polar surface area (TPSA) is 37.6 Å². The molecule has 6 aromatic rings. The molecule has 3 heteroatoms. The smallest absolute Gasteiger partial charge is 0.160 e. The quantitative estimate of drug-likeness (QED) is 0.132. The highest BCUT2D eigenvalue weighted by molar-refractivity contribution is 6.27. The van der Waals surface area contributed by atoms with Crippen LogP contribution >= 0.6 is 0 Å². The molecule has 0 spiro atoms. The first-order chi connectivity index (χ1) is 19.2. The molecule has 0 unspecified atom stereocenters. The third-order valence-electron chi connectivity index (χ3n) is 6.87. The second-order valence-electron chi connectivity index (χ2n) is 9.37. The van der Waals surface area contributed by atoms with Crippen molar-refractivity contribution < 1.29 is 0 Å². The molecular formula is C36H27N3. The predicted molar refractivity (Wildman–Crippen MR) is 165 cm³/mol. The van der Waals surface area contributed by atoms with Crippen molar-refractivity contribution in [2.24, 2.45) is 9.98 Å². The number of aromatic nitrogens is 1. The predicted octanol–water partition coefficient (Wildman–Crippen LogP) is 8.98. The molecule has 0 aliphatic carbocycles. The van der Waals surface area contributed by atoms with E-state index in [-0.39, 0.29) is 0 Å². The summed E-state index contributed by atoms with van der Waals surface area (Å²) in [6.07, 6.45) is 1.85. The first-order valence-electron chi connectivity index (χ1n) is 13.0. The lowest BCUT2D eigenvalue weighted by molar-refractivity contribution is 1.34. The van der Waals surface area contributed by atoms with Crippen LogP contribution in [0.4, 0.5) is 0 Å². The lowest BCUT2D eigenvalue weighted by Crippen LogP contribution is -2.06. The Balaban J connectivity index is 1.60. The second-order valence-corrected chi connectivity index (χ2v) is 9.37. The summed E-state index contributed by atoms with van der Waals surface area (Å²) in [7, 11) is 0. The summed E-state index contributed by atoms with van der Waals surface area (Å²) in [5.74, 6) is 0.629. The number of benzene rings is 5. The van der Waals surface area contributed by atoms with Crippen molar-refractivity contribution in [2.45, 2.75) is 6.92 Å². The first-order valence-corrected chi connectivity index (χ1v) is 13.0. The molecule has 0 atom stereocenters. The Morgan fingerprint density at radius 1 is 0.564 bits per heavy atom. The Labute approximate surface area is 228 Å². The molecule has 0 saturated heterocycles. The average Bonchev–Trinajstić information content (AvgIpc) is 3.00. The Morgan fingerprint density at radius 3 is 1.64 bits per heavy atom. The van der Waals surface area contributed by atoms with Gasteiger partial charge in [0.1, 0.15) is 0 Å². The minimum absolute atomic E-state index is 0.629. The van der Waals surface area contributed by atoms with Crippen LogP contribution in [0.2, 0.25) is 0 Å². The van der Waals surface area contributed by atoms with Crippen molar-refractivity contribution in [3.05, 3.63) is 157 Å². The molecule has 0 aliphatic rings. The van der Waals surface area contributed by atoms with E-state index in [0.29, 0.717) is 11.5 Å². The Hall–Kier alpha value is -5.15. The van der Waals surface area contributed by atoms with Gasteiger partial charge in [0.25, 0.3) is 0 Å². The van der Waals surface area contributed by atoms with Crippen LogP contribution in [0, 0.1) is 0 Å². The number of pyridine rings is 1. The van der Waals surface area contributed by atoms with Gasteiger partial charge in [0, 0.05) is 28.6 Å². The van der Waals surface area contributed by atoms with E-state index in [1.165, 1.54) is 0 Å². The van der Waals surface area contributed by atoms with Crippen LogP contribution in [0.15, 0.2) is 150 Å². The fraction of sp³-hybridized carbons (Fsp3) is 0.0278. The van der Waals surface area contributed by atoms with E-state index < -0.39 is 0 Å². The molecule has 6 rings (SSSR count). The maximum absolute atomic E-state index is 5.18. The number of hydrogen-bond acceptors (Lipinski definition) is 2. The minimum atomic E-state index is 0.629. The summed E-state index contributed by atoms with van der Waals surface area (Å²) in [5.41, 5.74) is 6.64. The molecular weight excluding hydrogens is 474 g/mol. The first kappa shape index (κ1) is 24.2. The molecule has 0 radical (unpaired) electrons. The maximum atomic E-state index is 5.18. The largest absolute Gasteiger partial charge is 0.256 e. The highest BCUT2D eigenvalue weighted by Crippen LogP contribution is 2.38. The lowest BCUT2D eigenvalue weighted by atomic mass is 9.88. The molecule has 186 valence electrons. The summed E-state index contributed by atoms with van der Waals surface area (Å²) in [6, 6.07) is 43.2.